The Morgan fingerprint density at radius 1 is 0.900 bits per heavy atom. The van der Waals surface area contributed by atoms with Crippen molar-refractivity contribution in [3.05, 3.63) is 0 Å². The molecule has 1 saturated carbocycles. The molecule has 3 aliphatic rings. The molecule has 2 saturated heterocycles. The highest BCUT2D eigenvalue weighted by atomic mass is 15.3. The van der Waals surface area contributed by atoms with Gasteiger partial charge in [-0.25, -0.2) is 0 Å². The highest BCUT2D eigenvalue weighted by Gasteiger charge is 2.36. The van der Waals surface area contributed by atoms with E-state index < -0.39 is 0 Å². The van der Waals surface area contributed by atoms with Crippen LogP contribution in [0.5, 0.6) is 0 Å². The summed E-state index contributed by atoms with van der Waals surface area (Å²) in [5, 5.41) is 0. The summed E-state index contributed by atoms with van der Waals surface area (Å²) >= 11 is 0. The fraction of sp³-hybridized carbons (Fsp3) is 1.00. The van der Waals surface area contributed by atoms with E-state index in [-0.39, 0.29) is 0 Å². The molecule has 2 N–H and O–H groups in total. The van der Waals surface area contributed by atoms with E-state index in [1.54, 1.807) is 0 Å². The first-order chi connectivity index (χ1) is 9.78. The van der Waals surface area contributed by atoms with Gasteiger partial charge in [0.05, 0.1) is 0 Å². The lowest BCUT2D eigenvalue weighted by molar-refractivity contribution is 0.104. The molecule has 3 nitrogen and oxygen atoms in total. The van der Waals surface area contributed by atoms with E-state index in [4.69, 9.17) is 5.73 Å². The molecule has 1 aliphatic carbocycles. The Kier molecular flexibility index (Phi) is 5.00. The molecule has 0 aromatic rings. The van der Waals surface area contributed by atoms with E-state index in [2.05, 4.69) is 16.7 Å². The maximum absolute atomic E-state index is 6.04. The summed E-state index contributed by atoms with van der Waals surface area (Å²) in [4.78, 5) is 5.57. The minimum Gasteiger partial charge on any atom is -0.328 e. The molecule has 0 bridgehead atoms. The van der Waals surface area contributed by atoms with Gasteiger partial charge in [-0.2, -0.15) is 0 Å². The third-order valence-corrected chi connectivity index (χ3v) is 6.15. The van der Waals surface area contributed by atoms with Crippen LogP contribution in [-0.2, 0) is 0 Å². The molecule has 2 aliphatic heterocycles. The molecule has 20 heavy (non-hydrogen) atoms. The van der Waals surface area contributed by atoms with Crippen LogP contribution in [0.15, 0.2) is 0 Å². The lowest BCUT2D eigenvalue weighted by atomic mass is 9.82. The van der Waals surface area contributed by atoms with E-state index in [0.717, 1.165) is 18.0 Å². The quantitative estimate of drug-likeness (QED) is 0.861. The van der Waals surface area contributed by atoms with Crippen molar-refractivity contribution in [2.45, 2.75) is 76.4 Å². The number of nitrogens with zero attached hydrogens (tertiary/aromatic N) is 2. The highest BCUT2D eigenvalue weighted by molar-refractivity contribution is 4.92. The summed E-state index contributed by atoms with van der Waals surface area (Å²) in [6, 6.07) is 2.18. The topological polar surface area (TPSA) is 32.5 Å². The zero-order valence-corrected chi connectivity index (χ0v) is 13.3. The van der Waals surface area contributed by atoms with Crippen LogP contribution < -0.4 is 5.73 Å². The van der Waals surface area contributed by atoms with Crippen LogP contribution in [0.3, 0.4) is 0 Å². The third kappa shape index (κ3) is 3.20. The number of nitrogens with two attached hydrogens (primary N) is 1. The minimum atomic E-state index is 0.464. The molecule has 116 valence electrons. The Bertz CT molecular complexity index is 299. The maximum Gasteiger partial charge on any atom is 0.0235 e. The summed E-state index contributed by atoms with van der Waals surface area (Å²) in [6.07, 6.45) is 11.0. The van der Waals surface area contributed by atoms with Gasteiger partial charge >= 0.3 is 0 Å². The van der Waals surface area contributed by atoms with E-state index in [1.165, 1.54) is 77.5 Å². The van der Waals surface area contributed by atoms with E-state index >= 15 is 0 Å². The van der Waals surface area contributed by atoms with Gasteiger partial charge in [0.2, 0.25) is 0 Å². The minimum absolute atomic E-state index is 0.464. The van der Waals surface area contributed by atoms with Crippen LogP contribution in [0, 0.1) is 5.92 Å². The van der Waals surface area contributed by atoms with Crippen molar-refractivity contribution in [1.29, 1.82) is 0 Å². The van der Waals surface area contributed by atoms with Crippen LogP contribution in [0.4, 0.5) is 0 Å². The summed E-state index contributed by atoms with van der Waals surface area (Å²) in [7, 11) is 0. The van der Waals surface area contributed by atoms with Gasteiger partial charge < -0.3 is 5.73 Å². The van der Waals surface area contributed by atoms with Crippen molar-refractivity contribution in [2.24, 2.45) is 11.7 Å². The van der Waals surface area contributed by atoms with Gasteiger partial charge in [0, 0.05) is 31.2 Å². The van der Waals surface area contributed by atoms with E-state index in [9.17, 15) is 0 Å². The van der Waals surface area contributed by atoms with Gasteiger partial charge in [0.1, 0.15) is 0 Å². The first-order valence-corrected chi connectivity index (χ1v) is 9.01. The van der Waals surface area contributed by atoms with Gasteiger partial charge in [-0.1, -0.05) is 26.2 Å². The molecule has 3 unspecified atom stereocenters. The van der Waals surface area contributed by atoms with E-state index in [0.29, 0.717) is 6.04 Å². The van der Waals surface area contributed by atoms with Gasteiger partial charge in [0.15, 0.2) is 0 Å². The number of piperidine rings is 1. The average Bonchev–Trinajstić information content (AvgIpc) is 2.97. The standard InChI is InChI=1S/C17H33N3/c1-2-14-5-3-4-6-17(14)20-12-9-16(13-20)19-10-7-15(18)8-11-19/h14-17H,2-13,18H2,1H3. The molecule has 0 radical (unpaired) electrons. The lowest BCUT2D eigenvalue weighted by Crippen LogP contribution is -2.47. The predicted molar refractivity (Wildman–Crippen MR) is 84.8 cm³/mol. The van der Waals surface area contributed by atoms with Gasteiger partial charge in [-0.15, -0.1) is 0 Å². The summed E-state index contributed by atoms with van der Waals surface area (Å²) in [5.41, 5.74) is 6.04. The Morgan fingerprint density at radius 3 is 2.35 bits per heavy atom. The van der Waals surface area contributed by atoms with Crippen LogP contribution in [0.25, 0.3) is 0 Å². The Morgan fingerprint density at radius 2 is 1.60 bits per heavy atom. The van der Waals surface area contributed by atoms with Crippen molar-refractivity contribution >= 4 is 0 Å². The summed E-state index contributed by atoms with van der Waals surface area (Å²) in [6.45, 7) is 7.54. The Labute approximate surface area is 124 Å². The van der Waals surface area contributed by atoms with Crippen LogP contribution >= 0.6 is 0 Å². The average molecular weight is 279 g/mol. The number of hydrogen-bond acceptors (Lipinski definition) is 3. The SMILES string of the molecule is CCC1CCCCC1N1CCC(N2CCC(N)CC2)C1. The van der Waals surface area contributed by atoms with Crippen molar-refractivity contribution in [3.8, 4) is 0 Å². The third-order valence-electron chi connectivity index (χ3n) is 6.15. The number of hydrogen-bond donors (Lipinski definition) is 1. The van der Waals surface area contributed by atoms with Crippen molar-refractivity contribution < 1.29 is 0 Å². The second-order valence-corrected chi connectivity index (χ2v) is 7.33. The van der Waals surface area contributed by atoms with E-state index in [1.807, 2.05) is 0 Å². The molecule has 3 heteroatoms. The monoisotopic (exact) mass is 279 g/mol. The first kappa shape index (κ1) is 14.8. The Balaban J connectivity index is 1.53. The molecule has 3 atom stereocenters. The molecule has 0 amide bonds. The zero-order chi connectivity index (χ0) is 13.9. The highest BCUT2D eigenvalue weighted by Crippen LogP contribution is 2.33. The van der Waals surface area contributed by atoms with Crippen LogP contribution in [-0.4, -0.2) is 54.1 Å². The molecule has 0 aromatic carbocycles. The van der Waals surface area contributed by atoms with Crippen LogP contribution in [0.1, 0.15) is 58.3 Å². The molecular formula is C17H33N3. The molecule has 0 spiro atoms. The summed E-state index contributed by atoms with van der Waals surface area (Å²) in [5.74, 6) is 0.970. The van der Waals surface area contributed by atoms with Crippen molar-refractivity contribution in [2.75, 3.05) is 26.2 Å². The van der Waals surface area contributed by atoms with Gasteiger partial charge in [0.25, 0.3) is 0 Å². The maximum atomic E-state index is 6.04. The molecule has 3 fully saturated rings. The van der Waals surface area contributed by atoms with Crippen molar-refractivity contribution in [1.82, 2.24) is 9.80 Å². The first-order valence-electron chi connectivity index (χ1n) is 9.01. The second-order valence-electron chi connectivity index (χ2n) is 7.33. The summed E-state index contributed by atoms with van der Waals surface area (Å²) < 4.78 is 0. The van der Waals surface area contributed by atoms with Crippen LogP contribution in [0.2, 0.25) is 0 Å². The molecule has 3 rings (SSSR count). The fourth-order valence-corrected chi connectivity index (χ4v) is 4.80. The normalized spacial score (nSPS) is 38.4. The molecular weight excluding hydrogens is 246 g/mol. The Hall–Kier alpha value is -0.120. The van der Waals surface area contributed by atoms with Crippen molar-refractivity contribution in [3.63, 3.8) is 0 Å². The molecule has 2 heterocycles. The second kappa shape index (κ2) is 6.76. The fourth-order valence-electron chi connectivity index (χ4n) is 4.80. The lowest BCUT2D eigenvalue weighted by Gasteiger charge is -2.39. The molecule has 0 aromatic heterocycles. The largest absolute Gasteiger partial charge is 0.328 e. The van der Waals surface area contributed by atoms with Gasteiger partial charge in [-0.05, 0) is 51.1 Å². The number of likely N-dealkylation sites (tertiary alicyclic amines) is 2. The van der Waals surface area contributed by atoms with Gasteiger partial charge in [-0.3, -0.25) is 9.80 Å². The predicted octanol–water partition coefficient (Wildman–Crippen LogP) is 2.45. The smallest absolute Gasteiger partial charge is 0.0235 e. The number of rotatable bonds is 3. The zero-order valence-electron chi connectivity index (χ0n) is 13.3.